The van der Waals surface area contributed by atoms with E-state index in [2.05, 4.69) is 4.98 Å². The number of aromatic nitrogens is 2. The fourth-order valence-electron chi connectivity index (χ4n) is 2.33. The van der Waals surface area contributed by atoms with Gasteiger partial charge < -0.3 is 4.74 Å². The van der Waals surface area contributed by atoms with Gasteiger partial charge in [-0.3, -0.25) is 9.36 Å². The van der Waals surface area contributed by atoms with E-state index >= 15 is 0 Å². The molecule has 1 heterocycles. The van der Waals surface area contributed by atoms with E-state index in [4.69, 9.17) is 27.9 Å². The Morgan fingerprint density at radius 3 is 2.68 bits per heavy atom. The quantitative estimate of drug-likeness (QED) is 0.613. The third-order valence-electron chi connectivity index (χ3n) is 3.59. The Balaban J connectivity index is 1.89. The second-order valence-electron chi connectivity index (χ2n) is 5.20. The molecule has 4 nitrogen and oxygen atoms in total. The smallest absolute Gasteiger partial charge is 0.320 e. The fraction of sp³-hybridized carbons (Fsp3) is 0.429. The number of imidazole rings is 1. The van der Waals surface area contributed by atoms with Gasteiger partial charge in [-0.25, -0.2) is 4.98 Å². The standard InChI is InChI=1S/C14H12Cl2F2N2O2/c1-7(22-12(21)8-6-14(8,15)16)11-19-9-4-2-3-5-10(9)20(11)13(17)18/h2-5,7-8,13H,6H2,1H3/t7-,8+/m0/s1. The van der Waals surface area contributed by atoms with Crippen LogP contribution >= 0.6 is 23.2 Å². The van der Waals surface area contributed by atoms with E-state index in [-0.39, 0.29) is 11.3 Å². The molecule has 22 heavy (non-hydrogen) atoms. The first-order valence-corrected chi connectivity index (χ1v) is 7.40. The average Bonchev–Trinajstić information content (AvgIpc) is 2.93. The molecule has 118 valence electrons. The number of benzene rings is 1. The topological polar surface area (TPSA) is 44.1 Å². The number of halogens is 4. The van der Waals surface area contributed by atoms with Crippen LogP contribution in [0.4, 0.5) is 8.78 Å². The third kappa shape index (κ3) is 2.65. The maximum Gasteiger partial charge on any atom is 0.320 e. The van der Waals surface area contributed by atoms with Crippen LogP contribution in [-0.4, -0.2) is 19.9 Å². The summed E-state index contributed by atoms with van der Waals surface area (Å²) in [6, 6.07) is 6.50. The van der Waals surface area contributed by atoms with Gasteiger partial charge in [-0.1, -0.05) is 12.1 Å². The number of hydrogen-bond donors (Lipinski definition) is 0. The second-order valence-corrected chi connectivity index (χ2v) is 6.75. The van der Waals surface area contributed by atoms with Crippen LogP contribution in [0.5, 0.6) is 0 Å². The Bertz CT molecular complexity index is 733. The molecule has 0 bridgehead atoms. The number of rotatable bonds is 4. The van der Waals surface area contributed by atoms with E-state index in [1.807, 2.05) is 0 Å². The van der Waals surface area contributed by atoms with E-state index < -0.39 is 28.9 Å². The van der Waals surface area contributed by atoms with E-state index in [1.54, 1.807) is 18.2 Å². The molecular formula is C14H12Cl2F2N2O2. The molecule has 1 aliphatic carbocycles. The minimum absolute atomic E-state index is 0.0139. The highest BCUT2D eigenvalue weighted by Crippen LogP contribution is 2.54. The molecule has 1 aromatic heterocycles. The zero-order valence-corrected chi connectivity index (χ0v) is 13.0. The minimum Gasteiger partial charge on any atom is -0.454 e. The van der Waals surface area contributed by atoms with E-state index in [1.165, 1.54) is 13.0 Å². The van der Waals surface area contributed by atoms with Crippen molar-refractivity contribution in [1.82, 2.24) is 9.55 Å². The molecule has 0 spiro atoms. The lowest BCUT2D eigenvalue weighted by molar-refractivity contribution is -0.151. The lowest BCUT2D eigenvalue weighted by Crippen LogP contribution is -2.17. The van der Waals surface area contributed by atoms with Crippen LogP contribution < -0.4 is 0 Å². The van der Waals surface area contributed by atoms with Gasteiger partial charge in [-0.2, -0.15) is 8.78 Å². The van der Waals surface area contributed by atoms with Crippen molar-refractivity contribution in [3.05, 3.63) is 30.1 Å². The van der Waals surface area contributed by atoms with Crippen molar-refractivity contribution in [3.63, 3.8) is 0 Å². The summed E-state index contributed by atoms with van der Waals surface area (Å²) in [5.41, 5.74) is 0.696. The summed E-state index contributed by atoms with van der Waals surface area (Å²) in [6.45, 7) is -1.30. The van der Waals surface area contributed by atoms with Gasteiger partial charge in [0.2, 0.25) is 0 Å². The molecule has 0 saturated heterocycles. The van der Waals surface area contributed by atoms with Crippen LogP contribution in [0, 0.1) is 5.92 Å². The summed E-state index contributed by atoms with van der Waals surface area (Å²) < 4.78 is 31.5. The third-order valence-corrected chi connectivity index (χ3v) is 4.42. The van der Waals surface area contributed by atoms with Crippen molar-refractivity contribution in [2.24, 2.45) is 5.92 Å². The molecule has 1 aliphatic rings. The molecule has 0 N–H and O–H groups in total. The monoisotopic (exact) mass is 348 g/mol. The van der Waals surface area contributed by atoms with Gasteiger partial charge in [-0.05, 0) is 25.5 Å². The van der Waals surface area contributed by atoms with E-state index in [9.17, 15) is 13.6 Å². The molecule has 0 amide bonds. The molecule has 8 heteroatoms. The summed E-state index contributed by atoms with van der Waals surface area (Å²) >= 11 is 11.6. The van der Waals surface area contributed by atoms with E-state index in [0.717, 1.165) is 4.57 Å². The number of fused-ring (bicyclic) bond motifs is 1. The Morgan fingerprint density at radius 1 is 1.45 bits per heavy atom. The normalized spacial score (nSPS) is 21.1. The summed E-state index contributed by atoms with van der Waals surface area (Å²) in [5.74, 6) is -1.24. The Labute approximate surface area is 135 Å². The highest BCUT2D eigenvalue weighted by molar-refractivity contribution is 6.52. The van der Waals surface area contributed by atoms with Crippen molar-refractivity contribution < 1.29 is 18.3 Å². The largest absolute Gasteiger partial charge is 0.454 e. The van der Waals surface area contributed by atoms with E-state index in [0.29, 0.717) is 11.9 Å². The number of carbonyl (C=O) groups excluding carboxylic acids is 1. The van der Waals surface area contributed by atoms with Crippen molar-refractivity contribution in [1.29, 1.82) is 0 Å². The predicted molar refractivity (Wildman–Crippen MR) is 78.0 cm³/mol. The highest BCUT2D eigenvalue weighted by Gasteiger charge is 2.57. The number of para-hydroxylation sites is 2. The average molecular weight is 349 g/mol. The van der Waals surface area contributed by atoms with Gasteiger partial charge in [0.05, 0.1) is 17.0 Å². The molecule has 1 fully saturated rings. The first-order chi connectivity index (χ1) is 10.3. The Hall–Kier alpha value is -1.40. The van der Waals surface area contributed by atoms with Gasteiger partial charge in [0, 0.05) is 0 Å². The minimum atomic E-state index is -2.79. The predicted octanol–water partition coefficient (Wildman–Crippen LogP) is 4.23. The summed E-state index contributed by atoms with van der Waals surface area (Å²) in [4.78, 5) is 16.0. The van der Waals surface area contributed by atoms with Gasteiger partial charge in [0.15, 0.2) is 11.9 Å². The van der Waals surface area contributed by atoms with Crippen LogP contribution in [0.25, 0.3) is 11.0 Å². The van der Waals surface area contributed by atoms with Crippen molar-refractivity contribution in [3.8, 4) is 0 Å². The summed E-state index contributed by atoms with van der Waals surface area (Å²) in [5, 5.41) is 0. The lowest BCUT2D eigenvalue weighted by Gasteiger charge is -2.15. The number of esters is 1. The lowest BCUT2D eigenvalue weighted by atomic mass is 10.3. The van der Waals surface area contributed by atoms with Crippen molar-refractivity contribution >= 4 is 40.2 Å². The summed E-state index contributed by atoms with van der Waals surface area (Å²) in [7, 11) is 0. The van der Waals surface area contributed by atoms with Gasteiger partial charge in [-0.15, -0.1) is 23.2 Å². The first kappa shape index (κ1) is 15.5. The van der Waals surface area contributed by atoms with Crippen LogP contribution in [0.15, 0.2) is 24.3 Å². The molecule has 3 rings (SSSR count). The van der Waals surface area contributed by atoms with Gasteiger partial charge >= 0.3 is 12.5 Å². The van der Waals surface area contributed by atoms with Gasteiger partial charge in [0.1, 0.15) is 4.33 Å². The molecule has 0 unspecified atom stereocenters. The number of hydrogen-bond acceptors (Lipinski definition) is 3. The second kappa shape index (κ2) is 5.35. The summed E-state index contributed by atoms with van der Waals surface area (Å²) in [6.07, 6.45) is -0.633. The molecule has 1 saturated carbocycles. The van der Waals surface area contributed by atoms with Crippen LogP contribution in [0.1, 0.15) is 31.8 Å². The number of carbonyl (C=O) groups is 1. The van der Waals surface area contributed by atoms with Gasteiger partial charge in [0.25, 0.3) is 0 Å². The molecule has 1 aromatic carbocycles. The maximum atomic E-state index is 13.3. The van der Waals surface area contributed by atoms with Crippen molar-refractivity contribution in [2.45, 2.75) is 30.3 Å². The number of nitrogens with zero attached hydrogens (tertiary/aromatic N) is 2. The Kier molecular flexibility index (Phi) is 3.77. The SMILES string of the molecule is C[C@H](OC(=O)[C@H]1CC1(Cl)Cl)c1nc2ccccc2n1C(F)F. The van der Waals surface area contributed by atoms with Crippen LogP contribution in [0.3, 0.4) is 0 Å². The molecule has 0 radical (unpaired) electrons. The molecular weight excluding hydrogens is 337 g/mol. The number of alkyl halides is 4. The van der Waals surface area contributed by atoms with Crippen molar-refractivity contribution in [2.75, 3.05) is 0 Å². The maximum absolute atomic E-state index is 13.3. The zero-order chi connectivity index (χ0) is 16.1. The van der Waals surface area contributed by atoms with Crippen LogP contribution in [0.2, 0.25) is 0 Å². The molecule has 2 atom stereocenters. The fourth-order valence-corrected chi connectivity index (χ4v) is 2.82. The van der Waals surface area contributed by atoms with Crippen LogP contribution in [-0.2, 0) is 9.53 Å². The molecule has 0 aliphatic heterocycles. The molecule has 2 aromatic rings. The number of ether oxygens (including phenoxy) is 1. The highest BCUT2D eigenvalue weighted by atomic mass is 35.5. The Morgan fingerprint density at radius 2 is 2.09 bits per heavy atom. The first-order valence-electron chi connectivity index (χ1n) is 6.64. The zero-order valence-electron chi connectivity index (χ0n) is 11.5.